The van der Waals surface area contributed by atoms with Gasteiger partial charge in [-0.1, -0.05) is 18.2 Å². The zero-order valence-electron chi connectivity index (χ0n) is 10.9. The van der Waals surface area contributed by atoms with Gasteiger partial charge in [0.15, 0.2) is 0 Å². The largest absolute Gasteiger partial charge is 0.489 e. The summed E-state index contributed by atoms with van der Waals surface area (Å²) in [5, 5.41) is 3.03. The summed E-state index contributed by atoms with van der Waals surface area (Å²) in [5.74, 6) is 0.406. The summed E-state index contributed by atoms with van der Waals surface area (Å²) < 4.78 is 42.8. The van der Waals surface area contributed by atoms with Crippen LogP contribution >= 0.6 is 0 Å². The number of hydrogen-bond acceptors (Lipinski definition) is 2. The second-order valence-electron chi connectivity index (χ2n) is 4.22. The van der Waals surface area contributed by atoms with Crippen molar-refractivity contribution < 1.29 is 17.9 Å². The molecule has 1 N–H and O–H groups in total. The molecule has 2 rings (SSSR count). The first-order chi connectivity index (χ1) is 9.50. The maximum absolute atomic E-state index is 12.4. The van der Waals surface area contributed by atoms with Crippen LogP contribution in [0.25, 0.3) is 0 Å². The Labute approximate surface area is 115 Å². The van der Waals surface area contributed by atoms with Crippen LogP contribution in [0.3, 0.4) is 0 Å². The lowest BCUT2D eigenvalue weighted by atomic mass is 10.2. The van der Waals surface area contributed by atoms with E-state index in [0.717, 1.165) is 23.4 Å². The van der Waals surface area contributed by atoms with Crippen LogP contribution in [0.4, 0.5) is 18.9 Å². The van der Waals surface area contributed by atoms with Crippen molar-refractivity contribution in [2.45, 2.75) is 12.8 Å². The Morgan fingerprint density at radius 1 is 1.00 bits per heavy atom. The van der Waals surface area contributed by atoms with Crippen molar-refractivity contribution in [1.82, 2.24) is 0 Å². The van der Waals surface area contributed by atoms with E-state index in [1.165, 1.54) is 12.1 Å². The first-order valence-electron chi connectivity index (χ1n) is 6.06. The summed E-state index contributed by atoms with van der Waals surface area (Å²) in [5.41, 5.74) is 1.19. The highest BCUT2D eigenvalue weighted by atomic mass is 19.4. The molecular formula is C15H14F3NO. The minimum absolute atomic E-state index is 0.294. The molecule has 0 aliphatic heterocycles. The first-order valence-corrected chi connectivity index (χ1v) is 6.06. The van der Waals surface area contributed by atoms with Gasteiger partial charge in [0.25, 0.3) is 0 Å². The highest BCUT2D eigenvalue weighted by Gasteiger charge is 2.29. The minimum atomic E-state index is -4.32. The lowest BCUT2D eigenvalue weighted by Gasteiger charge is -2.11. The molecule has 0 saturated heterocycles. The summed E-state index contributed by atoms with van der Waals surface area (Å²) in [6, 6.07) is 12.3. The predicted octanol–water partition coefficient (Wildman–Crippen LogP) is 4.33. The first kappa shape index (κ1) is 14.2. The van der Waals surface area contributed by atoms with Gasteiger partial charge >= 0.3 is 6.18 Å². The van der Waals surface area contributed by atoms with E-state index in [9.17, 15) is 13.2 Å². The van der Waals surface area contributed by atoms with Crippen LogP contribution in [0, 0.1) is 0 Å². The number of nitrogens with one attached hydrogen (secondary N) is 1. The van der Waals surface area contributed by atoms with Gasteiger partial charge in [0, 0.05) is 18.3 Å². The number of hydrogen-bond donors (Lipinski definition) is 1. The fourth-order valence-electron chi connectivity index (χ4n) is 1.79. The number of halogens is 3. The monoisotopic (exact) mass is 281 g/mol. The summed E-state index contributed by atoms with van der Waals surface area (Å²) >= 11 is 0. The third kappa shape index (κ3) is 3.44. The van der Waals surface area contributed by atoms with Gasteiger partial charge in [-0.3, -0.25) is 0 Å². The average Bonchev–Trinajstić information content (AvgIpc) is 2.45. The Hall–Kier alpha value is -2.17. The van der Waals surface area contributed by atoms with Crippen LogP contribution in [-0.4, -0.2) is 7.05 Å². The molecule has 106 valence electrons. The van der Waals surface area contributed by atoms with Crippen molar-refractivity contribution in [3.05, 3.63) is 59.7 Å². The molecule has 0 saturated carbocycles. The van der Waals surface area contributed by atoms with Crippen LogP contribution in [0.5, 0.6) is 5.75 Å². The van der Waals surface area contributed by atoms with Crippen molar-refractivity contribution >= 4 is 5.69 Å². The van der Waals surface area contributed by atoms with Gasteiger partial charge in [0.05, 0.1) is 5.56 Å². The van der Waals surface area contributed by atoms with E-state index in [0.29, 0.717) is 12.4 Å². The standard InChI is InChI=1S/C15H14F3NO/c1-19-14-5-3-2-4-11(14)10-20-13-8-6-12(7-9-13)15(16,17)18/h2-9,19H,10H2,1H3. The minimum Gasteiger partial charge on any atom is -0.489 e. The molecule has 0 spiro atoms. The molecule has 2 aromatic rings. The highest BCUT2D eigenvalue weighted by Crippen LogP contribution is 2.30. The fourth-order valence-corrected chi connectivity index (χ4v) is 1.79. The molecule has 0 heterocycles. The van der Waals surface area contributed by atoms with E-state index in [1.807, 2.05) is 24.3 Å². The van der Waals surface area contributed by atoms with Gasteiger partial charge in [-0.05, 0) is 30.3 Å². The zero-order valence-corrected chi connectivity index (χ0v) is 10.9. The second kappa shape index (κ2) is 5.86. The van der Waals surface area contributed by atoms with E-state index in [1.54, 1.807) is 7.05 Å². The van der Waals surface area contributed by atoms with Crippen LogP contribution in [0.2, 0.25) is 0 Å². The maximum atomic E-state index is 12.4. The van der Waals surface area contributed by atoms with Crippen molar-refractivity contribution in [1.29, 1.82) is 0 Å². The molecule has 0 bridgehead atoms. The van der Waals surface area contributed by atoms with Gasteiger partial charge in [-0.25, -0.2) is 0 Å². The van der Waals surface area contributed by atoms with Crippen molar-refractivity contribution in [3.8, 4) is 5.75 Å². The molecular weight excluding hydrogens is 267 g/mol. The summed E-state index contributed by atoms with van der Waals surface area (Å²) in [6.45, 7) is 0.294. The SMILES string of the molecule is CNc1ccccc1COc1ccc(C(F)(F)F)cc1. The highest BCUT2D eigenvalue weighted by molar-refractivity contribution is 5.50. The van der Waals surface area contributed by atoms with Gasteiger partial charge in [0.1, 0.15) is 12.4 Å². The fraction of sp³-hybridized carbons (Fsp3) is 0.200. The molecule has 20 heavy (non-hydrogen) atoms. The molecule has 0 fully saturated rings. The van der Waals surface area contributed by atoms with Gasteiger partial charge in [-0.15, -0.1) is 0 Å². The van der Waals surface area contributed by atoms with Crippen LogP contribution in [-0.2, 0) is 12.8 Å². The molecule has 0 aliphatic rings. The zero-order chi connectivity index (χ0) is 14.6. The van der Waals surface area contributed by atoms with Crippen molar-refractivity contribution in [3.63, 3.8) is 0 Å². The van der Waals surface area contributed by atoms with Crippen LogP contribution in [0.15, 0.2) is 48.5 Å². The Kier molecular flexibility index (Phi) is 4.17. The van der Waals surface area contributed by atoms with E-state index in [2.05, 4.69) is 5.32 Å². The Morgan fingerprint density at radius 2 is 1.65 bits per heavy atom. The molecule has 0 unspecified atom stereocenters. The molecule has 2 aromatic carbocycles. The van der Waals surface area contributed by atoms with Gasteiger partial charge in [0.2, 0.25) is 0 Å². The number of benzene rings is 2. The summed E-state index contributed by atoms with van der Waals surface area (Å²) in [7, 11) is 1.80. The lowest BCUT2D eigenvalue weighted by molar-refractivity contribution is -0.137. The quantitative estimate of drug-likeness (QED) is 0.900. The maximum Gasteiger partial charge on any atom is 0.416 e. The van der Waals surface area contributed by atoms with E-state index >= 15 is 0 Å². The number of alkyl halides is 3. The van der Waals surface area contributed by atoms with Crippen molar-refractivity contribution in [2.75, 3.05) is 12.4 Å². The Balaban J connectivity index is 2.04. The molecule has 0 radical (unpaired) electrons. The summed E-state index contributed by atoms with van der Waals surface area (Å²) in [4.78, 5) is 0. The number of ether oxygens (including phenoxy) is 1. The molecule has 0 atom stereocenters. The molecule has 0 amide bonds. The van der Waals surface area contributed by atoms with E-state index in [-0.39, 0.29) is 0 Å². The third-order valence-electron chi connectivity index (χ3n) is 2.86. The van der Waals surface area contributed by atoms with E-state index in [4.69, 9.17) is 4.74 Å². The lowest BCUT2D eigenvalue weighted by Crippen LogP contribution is -2.04. The normalized spacial score (nSPS) is 11.2. The Morgan fingerprint density at radius 3 is 2.25 bits per heavy atom. The number of rotatable bonds is 4. The van der Waals surface area contributed by atoms with Gasteiger partial charge < -0.3 is 10.1 Å². The molecule has 0 aromatic heterocycles. The number of anilines is 1. The topological polar surface area (TPSA) is 21.3 Å². The second-order valence-corrected chi connectivity index (χ2v) is 4.22. The predicted molar refractivity (Wildman–Crippen MR) is 71.8 cm³/mol. The molecule has 0 aliphatic carbocycles. The average molecular weight is 281 g/mol. The molecule has 5 heteroatoms. The summed E-state index contributed by atoms with van der Waals surface area (Å²) in [6.07, 6.45) is -4.32. The van der Waals surface area contributed by atoms with E-state index < -0.39 is 11.7 Å². The van der Waals surface area contributed by atoms with Crippen LogP contribution < -0.4 is 10.1 Å². The Bertz CT molecular complexity index is 564. The van der Waals surface area contributed by atoms with Gasteiger partial charge in [-0.2, -0.15) is 13.2 Å². The number of para-hydroxylation sites is 1. The molecule has 2 nitrogen and oxygen atoms in total. The third-order valence-corrected chi connectivity index (χ3v) is 2.86. The van der Waals surface area contributed by atoms with Crippen LogP contribution in [0.1, 0.15) is 11.1 Å². The smallest absolute Gasteiger partial charge is 0.416 e. The van der Waals surface area contributed by atoms with Crippen molar-refractivity contribution in [2.24, 2.45) is 0 Å².